The van der Waals surface area contributed by atoms with Crippen LogP contribution in [0.3, 0.4) is 0 Å². The molecule has 0 aromatic heterocycles. The summed E-state index contributed by atoms with van der Waals surface area (Å²) in [6.45, 7) is -0.0415. The van der Waals surface area contributed by atoms with E-state index < -0.39 is 14.9 Å². The largest absolute Gasteiger partial charge is 0.487 e. The Bertz CT molecular complexity index is 778. The van der Waals surface area contributed by atoms with E-state index in [9.17, 15) is 12.8 Å². The second-order valence-corrected chi connectivity index (χ2v) is 7.43. The zero-order valence-corrected chi connectivity index (χ0v) is 13.4. The minimum Gasteiger partial charge on any atom is -0.487 e. The highest BCUT2D eigenvalue weighted by Crippen LogP contribution is 2.31. The third-order valence-electron chi connectivity index (χ3n) is 2.57. The smallest absolute Gasteiger partial charge is 0.265 e. The van der Waals surface area contributed by atoms with Crippen molar-refractivity contribution in [2.45, 2.75) is 11.5 Å². The van der Waals surface area contributed by atoms with Crippen molar-refractivity contribution in [1.29, 1.82) is 0 Å². The van der Waals surface area contributed by atoms with Crippen LogP contribution in [0.25, 0.3) is 0 Å². The second kappa shape index (κ2) is 6.40. The van der Waals surface area contributed by atoms with Crippen LogP contribution < -0.4 is 4.74 Å². The summed E-state index contributed by atoms with van der Waals surface area (Å²) >= 11 is 11.6. The standard InChI is InChI=1S/C13H8Cl3FO3S/c14-9-2-4-12(13(5-9)21(16,18)19)20-7-8-1-3-10(17)6-11(8)15/h1-6H,7H2. The van der Waals surface area contributed by atoms with Gasteiger partial charge in [-0.15, -0.1) is 0 Å². The van der Waals surface area contributed by atoms with E-state index in [2.05, 4.69) is 0 Å². The van der Waals surface area contributed by atoms with Gasteiger partial charge in [-0.2, -0.15) is 0 Å². The average molecular weight is 370 g/mol. The van der Waals surface area contributed by atoms with Crippen molar-refractivity contribution >= 4 is 42.9 Å². The number of hydrogen-bond donors (Lipinski definition) is 0. The predicted molar refractivity (Wildman–Crippen MR) is 80.2 cm³/mol. The summed E-state index contributed by atoms with van der Waals surface area (Å²) in [4.78, 5) is -0.241. The summed E-state index contributed by atoms with van der Waals surface area (Å²) in [6.07, 6.45) is 0. The first-order valence-electron chi connectivity index (χ1n) is 5.58. The minimum absolute atomic E-state index is 0.0368. The van der Waals surface area contributed by atoms with E-state index in [1.807, 2.05) is 0 Å². The van der Waals surface area contributed by atoms with E-state index >= 15 is 0 Å². The van der Waals surface area contributed by atoms with Crippen LogP contribution in [0.2, 0.25) is 10.0 Å². The van der Waals surface area contributed by atoms with Gasteiger partial charge in [-0.1, -0.05) is 29.3 Å². The number of hydrogen-bond acceptors (Lipinski definition) is 3. The number of ether oxygens (including phenoxy) is 1. The first kappa shape index (κ1) is 16.4. The lowest BCUT2D eigenvalue weighted by Crippen LogP contribution is -2.01. The Morgan fingerprint density at radius 2 is 1.81 bits per heavy atom. The first-order chi connectivity index (χ1) is 9.77. The van der Waals surface area contributed by atoms with Gasteiger partial charge in [-0.05, 0) is 30.3 Å². The van der Waals surface area contributed by atoms with E-state index in [-0.39, 0.29) is 27.3 Å². The molecule has 0 aliphatic carbocycles. The first-order valence-corrected chi connectivity index (χ1v) is 8.65. The van der Waals surface area contributed by atoms with Crippen LogP contribution in [-0.4, -0.2) is 8.42 Å². The molecule has 0 saturated carbocycles. The Morgan fingerprint density at radius 3 is 2.43 bits per heavy atom. The summed E-state index contributed by atoms with van der Waals surface area (Å²) in [5.74, 6) is -0.436. The van der Waals surface area contributed by atoms with Crippen LogP contribution in [0.15, 0.2) is 41.3 Å². The van der Waals surface area contributed by atoms with Gasteiger partial charge < -0.3 is 4.74 Å². The maximum absolute atomic E-state index is 12.9. The van der Waals surface area contributed by atoms with Gasteiger partial charge in [0.1, 0.15) is 23.1 Å². The van der Waals surface area contributed by atoms with Crippen LogP contribution >= 0.6 is 33.9 Å². The number of benzene rings is 2. The number of rotatable bonds is 4. The molecule has 0 saturated heterocycles. The third-order valence-corrected chi connectivity index (χ3v) is 4.50. The summed E-state index contributed by atoms with van der Waals surface area (Å²) in [6, 6.07) is 7.85. The maximum Gasteiger partial charge on any atom is 0.265 e. The molecule has 112 valence electrons. The molecule has 0 amide bonds. The molecule has 0 bridgehead atoms. The Balaban J connectivity index is 2.28. The quantitative estimate of drug-likeness (QED) is 0.737. The minimum atomic E-state index is -4.01. The van der Waals surface area contributed by atoms with E-state index in [4.69, 9.17) is 38.6 Å². The summed E-state index contributed by atoms with van der Waals surface area (Å²) in [5, 5.41) is 0.389. The zero-order valence-electron chi connectivity index (χ0n) is 10.3. The normalized spacial score (nSPS) is 11.4. The average Bonchev–Trinajstić information content (AvgIpc) is 2.38. The number of halogens is 4. The lowest BCUT2D eigenvalue weighted by Gasteiger charge is -2.11. The van der Waals surface area contributed by atoms with Gasteiger partial charge in [0, 0.05) is 21.3 Å². The maximum atomic E-state index is 12.9. The molecule has 0 spiro atoms. The molecule has 0 N–H and O–H groups in total. The summed E-state index contributed by atoms with van der Waals surface area (Å²) < 4.78 is 41.3. The highest BCUT2D eigenvalue weighted by atomic mass is 35.7. The van der Waals surface area contributed by atoms with Gasteiger partial charge in [0.05, 0.1) is 5.02 Å². The molecular formula is C13H8Cl3FO3S. The van der Waals surface area contributed by atoms with Gasteiger partial charge in [0.2, 0.25) is 0 Å². The third kappa shape index (κ3) is 4.23. The summed E-state index contributed by atoms with van der Waals surface area (Å²) in [7, 11) is 1.32. The molecule has 21 heavy (non-hydrogen) atoms. The fourth-order valence-electron chi connectivity index (χ4n) is 1.59. The van der Waals surface area contributed by atoms with Crippen LogP contribution in [0, 0.1) is 5.82 Å². The van der Waals surface area contributed by atoms with Gasteiger partial charge in [0.25, 0.3) is 9.05 Å². The van der Waals surface area contributed by atoms with E-state index in [0.29, 0.717) is 5.56 Å². The molecule has 3 nitrogen and oxygen atoms in total. The molecule has 2 aromatic carbocycles. The summed E-state index contributed by atoms with van der Waals surface area (Å²) in [5.41, 5.74) is 0.505. The molecule has 0 unspecified atom stereocenters. The van der Waals surface area contributed by atoms with Crippen LogP contribution in [0.5, 0.6) is 5.75 Å². The Morgan fingerprint density at radius 1 is 1.10 bits per heavy atom. The van der Waals surface area contributed by atoms with Gasteiger partial charge >= 0.3 is 0 Å². The Hall–Kier alpha value is -1.01. The molecule has 2 aromatic rings. The highest BCUT2D eigenvalue weighted by molar-refractivity contribution is 8.13. The lowest BCUT2D eigenvalue weighted by atomic mass is 10.2. The SMILES string of the molecule is O=S(=O)(Cl)c1cc(Cl)ccc1OCc1ccc(F)cc1Cl. The van der Waals surface area contributed by atoms with Crippen molar-refractivity contribution in [1.82, 2.24) is 0 Å². The van der Waals surface area contributed by atoms with Crippen LogP contribution in [0.1, 0.15) is 5.56 Å². The molecule has 0 aliphatic heterocycles. The van der Waals surface area contributed by atoms with Gasteiger partial charge in [-0.25, -0.2) is 12.8 Å². The van der Waals surface area contributed by atoms with E-state index in [1.54, 1.807) is 0 Å². The van der Waals surface area contributed by atoms with Gasteiger partial charge in [-0.3, -0.25) is 0 Å². The molecule has 0 fully saturated rings. The molecule has 2 rings (SSSR count). The topological polar surface area (TPSA) is 43.4 Å². The predicted octanol–water partition coefficient (Wildman–Crippen LogP) is 4.64. The van der Waals surface area contributed by atoms with Crippen LogP contribution in [-0.2, 0) is 15.7 Å². The van der Waals surface area contributed by atoms with E-state index in [0.717, 1.165) is 6.07 Å². The fraction of sp³-hybridized carbons (Fsp3) is 0.0769. The molecule has 8 heteroatoms. The highest BCUT2D eigenvalue weighted by Gasteiger charge is 2.18. The Kier molecular flexibility index (Phi) is 4.99. The molecule has 0 aliphatic rings. The van der Waals surface area contributed by atoms with Crippen molar-refractivity contribution in [2.24, 2.45) is 0 Å². The molecule has 0 radical (unpaired) electrons. The van der Waals surface area contributed by atoms with Gasteiger partial charge in [0.15, 0.2) is 0 Å². The van der Waals surface area contributed by atoms with E-state index in [1.165, 1.54) is 30.3 Å². The monoisotopic (exact) mass is 368 g/mol. The van der Waals surface area contributed by atoms with Crippen molar-refractivity contribution in [3.8, 4) is 5.75 Å². The van der Waals surface area contributed by atoms with Crippen LogP contribution in [0.4, 0.5) is 4.39 Å². The molecule has 0 atom stereocenters. The zero-order chi connectivity index (χ0) is 15.6. The van der Waals surface area contributed by atoms with Crippen molar-refractivity contribution in [3.05, 3.63) is 57.8 Å². The van der Waals surface area contributed by atoms with Crippen molar-refractivity contribution in [2.75, 3.05) is 0 Å². The lowest BCUT2D eigenvalue weighted by molar-refractivity contribution is 0.298. The van der Waals surface area contributed by atoms with Crippen molar-refractivity contribution in [3.63, 3.8) is 0 Å². The second-order valence-electron chi connectivity index (χ2n) is 4.05. The fourth-order valence-corrected chi connectivity index (χ4v) is 3.04. The van der Waals surface area contributed by atoms with Crippen molar-refractivity contribution < 1.29 is 17.5 Å². The molecule has 0 heterocycles. The Labute approximate surface area is 135 Å². The molecular weight excluding hydrogens is 362 g/mol.